The predicted molar refractivity (Wildman–Crippen MR) is 70.1 cm³/mol. The van der Waals surface area contributed by atoms with Crippen LogP contribution in [-0.2, 0) is 11.2 Å². The first-order chi connectivity index (χ1) is 8.31. The monoisotopic (exact) mass is 252 g/mol. The molecule has 0 spiro atoms. The van der Waals surface area contributed by atoms with Crippen molar-refractivity contribution in [1.82, 2.24) is 9.88 Å². The summed E-state index contributed by atoms with van der Waals surface area (Å²) in [4.78, 5) is 18.4. The molecule has 0 unspecified atom stereocenters. The smallest absolute Gasteiger partial charge is 0.222 e. The maximum absolute atomic E-state index is 12.1. The SMILES string of the molecule is CCCCC(=O)N(CCc1nccs1)C1CC1. The Balaban J connectivity index is 1.82. The van der Waals surface area contributed by atoms with Crippen LogP contribution in [0.4, 0.5) is 0 Å². The van der Waals surface area contributed by atoms with Crippen LogP contribution in [0.1, 0.15) is 44.0 Å². The van der Waals surface area contributed by atoms with Crippen LogP contribution in [0, 0.1) is 0 Å². The van der Waals surface area contributed by atoms with Gasteiger partial charge in [-0.15, -0.1) is 11.3 Å². The molecule has 1 aromatic heterocycles. The number of aromatic nitrogens is 1. The lowest BCUT2D eigenvalue weighted by molar-refractivity contribution is -0.131. The van der Waals surface area contributed by atoms with Gasteiger partial charge in [-0.05, 0) is 19.3 Å². The van der Waals surface area contributed by atoms with E-state index in [9.17, 15) is 4.79 Å². The number of thiazole rings is 1. The Morgan fingerprint density at radius 1 is 1.59 bits per heavy atom. The van der Waals surface area contributed by atoms with Crippen molar-refractivity contribution in [3.05, 3.63) is 16.6 Å². The highest BCUT2D eigenvalue weighted by atomic mass is 32.1. The highest BCUT2D eigenvalue weighted by molar-refractivity contribution is 7.09. The van der Waals surface area contributed by atoms with E-state index in [1.165, 1.54) is 12.8 Å². The number of hydrogen-bond acceptors (Lipinski definition) is 3. The van der Waals surface area contributed by atoms with Crippen LogP contribution in [0.3, 0.4) is 0 Å². The van der Waals surface area contributed by atoms with Gasteiger partial charge in [-0.1, -0.05) is 13.3 Å². The fourth-order valence-electron chi connectivity index (χ4n) is 1.96. The summed E-state index contributed by atoms with van der Waals surface area (Å²) >= 11 is 1.68. The molecule has 0 radical (unpaired) electrons. The van der Waals surface area contributed by atoms with Crippen LogP contribution in [0.5, 0.6) is 0 Å². The molecule has 94 valence electrons. The molecule has 0 saturated heterocycles. The van der Waals surface area contributed by atoms with Crippen LogP contribution in [0.15, 0.2) is 11.6 Å². The molecular formula is C13H20N2OS. The number of nitrogens with zero attached hydrogens (tertiary/aromatic N) is 2. The van der Waals surface area contributed by atoms with Crippen molar-refractivity contribution in [3.63, 3.8) is 0 Å². The van der Waals surface area contributed by atoms with Gasteiger partial charge in [0.05, 0.1) is 5.01 Å². The minimum absolute atomic E-state index is 0.339. The minimum atomic E-state index is 0.339. The molecule has 2 rings (SSSR count). The number of carbonyl (C=O) groups excluding carboxylic acids is 1. The van der Waals surface area contributed by atoms with Crippen LogP contribution in [0.25, 0.3) is 0 Å². The Hall–Kier alpha value is -0.900. The standard InChI is InChI=1S/C13H20N2OS/c1-2-3-4-13(16)15(11-5-6-11)9-7-12-14-8-10-17-12/h8,10-11H,2-7,9H2,1H3. The molecular weight excluding hydrogens is 232 g/mol. The van der Waals surface area contributed by atoms with Crippen LogP contribution in [-0.4, -0.2) is 28.4 Å². The molecule has 0 bridgehead atoms. The summed E-state index contributed by atoms with van der Waals surface area (Å²) in [6, 6.07) is 0.527. The Bertz CT molecular complexity index is 346. The van der Waals surface area contributed by atoms with Gasteiger partial charge in [0.15, 0.2) is 0 Å². The Kier molecular flexibility index (Phi) is 4.54. The summed E-state index contributed by atoms with van der Waals surface area (Å²) in [7, 11) is 0. The van der Waals surface area contributed by atoms with Crippen molar-refractivity contribution in [1.29, 1.82) is 0 Å². The van der Waals surface area contributed by atoms with Crippen LogP contribution >= 0.6 is 11.3 Å². The first kappa shape index (κ1) is 12.6. The van der Waals surface area contributed by atoms with Crippen LogP contribution < -0.4 is 0 Å². The van der Waals surface area contributed by atoms with Gasteiger partial charge < -0.3 is 4.90 Å². The number of carbonyl (C=O) groups is 1. The van der Waals surface area contributed by atoms with E-state index in [2.05, 4.69) is 16.8 Å². The number of amides is 1. The fraction of sp³-hybridized carbons (Fsp3) is 0.692. The van der Waals surface area contributed by atoms with E-state index in [4.69, 9.17) is 0 Å². The molecule has 1 aliphatic carbocycles. The minimum Gasteiger partial charge on any atom is -0.339 e. The van der Waals surface area contributed by atoms with Crippen molar-refractivity contribution in [2.45, 2.75) is 51.5 Å². The van der Waals surface area contributed by atoms with E-state index in [-0.39, 0.29) is 0 Å². The molecule has 1 amide bonds. The molecule has 0 atom stereocenters. The zero-order valence-corrected chi connectivity index (χ0v) is 11.2. The average Bonchev–Trinajstić information content (AvgIpc) is 3.03. The first-order valence-corrected chi connectivity index (χ1v) is 7.37. The molecule has 1 saturated carbocycles. The van der Waals surface area contributed by atoms with Crippen molar-refractivity contribution in [2.24, 2.45) is 0 Å². The van der Waals surface area contributed by atoms with E-state index in [0.29, 0.717) is 18.4 Å². The van der Waals surface area contributed by atoms with Crippen molar-refractivity contribution in [3.8, 4) is 0 Å². The summed E-state index contributed by atoms with van der Waals surface area (Å²) in [6.07, 6.45) is 7.94. The van der Waals surface area contributed by atoms with Gasteiger partial charge in [0.1, 0.15) is 0 Å². The van der Waals surface area contributed by atoms with E-state index in [1.54, 1.807) is 11.3 Å². The van der Waals surface area contributed by atoms with E-state index < -0.39 is 0 Å². The average molecular weight is 252 g/mol. The second-order valence-electron chi connectivity index (χ2n) is 4.60. The maximum atomic E-state index is 12.1. The molecule has 4 heteroatoms. The van der Waals surface area contributed by atoms with Gasteiger partial charge in [-0.2, -0.15) is 0 Å². The Labute approximate surface area is 107 Å². The molecule has 0 N–H and O–H groups in total. The van der Waals surface area contributed by atoms with E-state index in [0.717, 1.165) is 30.8 Å². The molecule has 1 heterocycles. The van der Waals surface area contributed by atoms with Gasteiger partial charge in [0, 0.05) is 37.0 Å². The molecule has 0 aliphatic heterocycles. The first-order valence-electron chi connectivity index (χ1n) is 6.49. The zero-order chi connectivity index (χ0) is 12.1. The van der Waals surface area contributed by atoms with Crippen molar-refractivity contribution >= 4 is 17.2 Å². The van der Waals surface area contributed by atoms with E-state index in [1.807, 2.05) is 11.6 Å². The summed E-state index contributed by atoms with van der Waals surface area (Å²) in [5, 5.41) is 3.13. The number of unbranched alkanes of at least 4 members (excludes halogenated alkanes) is 1. The third kappa shape index (κ3) is 3.80. The lowest BCUT2D eigenvalue weighted by Crippen LogP contribution is -2.34. The lowest BCUT2D eigenvalue weighted by atomic mass is 10.2. The lowest BCUT2D eigenvalue weighted by Gasteiger charge is -2.21. The van der Waals surface area contributed by atoms with Crippen molar-refractivity contribution in [2.75, 3.05) is 6.54 Å². The van der Waals surface area contributed by atoms with Crippen molar-refractivity contribution < 1.29 is 4.79 Å². The number of hydrogen-bond donors (Lipinski definition) is 0. The summed E-state index contributed by atoms with van der Waals surface area (Å²) in [5.74, 6) is 0.339. The molecule has 1 aromatic rings. The summed E-state index contributed by atoms with van der Waals surface area (Å²) in [5.41, 5.74) is 0. The highest BCUT2D eigenvalue weighted by Crippen LogP contribution is 2.28. The van der Waals surface area contributed by atoms with Gasteiger partial charge in [0.25, 0.3) is 0 Å². The maximum Gasteiger partial charge on any atom is 0.222 e. The predicted octanol–water partition coefficient (Wildman–Crippen LogP) is 2.87. The largest absolute Gasteiger partial charge is 0.339 e. The number of rotatable bonds is 7. The second kappa shape index (κ2) is 6.15. The normalized spacial score (nSPS) is 14.9. The Morgan fingerprint density at radius 2 is 2.41 bits per heavy atom. The van der Waals surface area contributed by atoms with Gasteiger partial charge in [-0.3, -0.25) is 4.79 Å². The summed E-state index contributed by atoms with van der Waals surface area (Å²) < 4.78 is 0. The quantitative estimate of drug-likeness (QED) is 0.747. The van der Waals surface area contributed by atoms with Gasteiger partial charge in [0.2, 0.25) is 5.91 Å². The molecule has 3 nitrogen and oxygen atoms in total. The molecule has 1 fully saturated rings. The molecule has 1 aliphatic rings. The van der Waals surface area contributed by atoms with Gasteiger partial charge in [-0.25, -0.2) is 4.98 Å². The highest BCUT2D eigenvalue weighted by Gasteiger charge is 2.31. The van der Waals surface area contributed by atoms with E-state index >= 15 is 0 Å². The third-order valence-electron chi connectivity index (χ3n) is 3.10. The second-order valence-corrected chi connectivity index (χ2v) is 5.58. The zero-order valence-electron chi connectivity index (χ0n) is 10.4. The third-order valence-corrected chi connectivity index (χ3v) is 3.94. The molecule has 17 heavy (non-hydrogen) atoms. The molecule has 0 aromatic carbocycles. The van der Waals surface area contributed by atoms with Gasteiger partial charge >= 0.3 is 0 Å². The van der Waals surface area contributed by atoms with Crippen LogP contribution in [0.2, 0.25) is 0 Å². The summed E-state index contributed by atoms with van der Waals surface area (Å²) in [6.45, 7) is 2.98. The fourth-order valence-corrected chi connectivity index (χ4v) is 2.57. The topological polar surface area (TPSA) is 33.2 Å². The Morgan fingerprint density at radius 3 is 3.00 bits per heavy atom.